The zero-order valence-electron chi connectivity index (χ0n) is 10.8. The van der Waals surface area contributed by atoms with Crippen LogP contribution in [0.5, 0.6) is 0 Å². The van der Waals surface area contributed by atoms with Crippen LogP contribution in [0.15, 0.2) is 5.38 Å². The quantitative estimate of drug-likeness (QED) is 0.816. The molecule has 3 atom stereocenters. The number of carbonyl (C=O) groups is 1. The number of nitrogens with zero attached hydrogens (tertiary/aromatic N) is 2. The molecule has 3 heterocycles. The SMILES string of the molecule is C[C@@H]1CN2C[C@@H](NC(=O)c3csc(N)n3)C[C@H]2CO1. The average Bonchev–Trinajstić information content (AvgIpc) is 2.94. The molecule has 0 bridgehead atoms. The van der Waals surface area contributed by atoms with E-state index in [0.29, 0.717) is 16.9 Å². The van der Waals surface area contributed by atoms with Gasteiger partial charge in [-0.1, -0.05) is 0 Å². The van der Waals surface area contributed by atoms with Gasteiger partial charge >= 0.3 is 0 Å². The predicted octanol–water partition coefficient (Wildman–Crippen LogP) is 0.317. The number of hydrogen-bond acceptors (Lipinski definition) is 6. The normalized spacial score (nSPS) is 31.1. The van der Waals surface area contributed by atoms with Gasteiger partial charge in [-0.15, -0.1) is 11.3 Å². The number of ether oxygens (including phenoxy) is 1. The summed E-state index contributed by atoms with van der Waals surface area (Å²) in [5.74, 6) is -0.133. The van der Waals surface area contributed by atoms with Crippen LogP contribution in [0.2, 0.25) is 0 Å². The zero-order valence-corrected chi connectivity index (χ0v) is 11.7. The Labute approximate surface area is 115 Å². The Morgan fingerprint density at radius 1 is 1.63 bits per heavy atom. The minimum Gasteiger partial charge on any atom is -0.376 e. The van der Waals surface area contributed by atoms with Gasteiger partial charge in [-0.3, -0.25) is 9.69 Å². The van der Waals surface area contributed by atoms with Crippen LogP contribution < -0.4 is 11.1 Å². The summed E-state index contributed by atoms with van der Waals surface area (Å²) in [6.45, 7) is 4.68. The minimum atomic E-state index is -0.133. The molecule has 3 N–H and O–H groups in total. The molecule has 1 aromatic rings. The number of morpholine rings is 1. The van der Waals surface area contributed by atoms with Gasteiger partial charge < -0.3 is 15.8 Å². The maximum absolute atomic E-state index is 12.0. The summed E-state index contributed by atoms with van der Waals surface area (Å²) in [7, 11) is 0. The molecule has 2 aliphatic rings. The van der Waals surface area contributed by atoms with Crippen LogP contribution in [0.1, 0.15) is 23.8 Å². The van der Waals surface area contributed by atoms with E-state index in [2.05, 4.69) is 22.1 Å². The molecule has 0 unspecified atom stereocenters. The van der Waals surface area contributed by atoms with E-state index in [1.165, 1.54) is 11.3 Å². The number of nitrogens with one attached hydrogen (secondary N) is 1. The molecule has 0 radical (unpaired) electrons. The highest BCUT2D eigenvalue weighted by Crippen LogP contribution is 2.23. The molecule has 2 saturated heterocycles. The summed E-state index contributed by atoms with van der Waals surface area (Å²) in [5, 5.41) is 5.15. The predicted molar refractivity (Wildman–Crippen MR) is 73.2 cm³/mol. The lowest BCUT2D eigenvalue weighted by atomic mass is 10.1. The molecule has 2 aliphatic heterocycles. The Bertz CT molecular complexity index is 478. The zero-order chi connectivity index (χ0) is 13.4. The van der Waals surface area contributed by atoms with Crippen molar-refractivity contribution in [2.45, 2.75) is 31.5 Å². The number of anilines is 1. The highest BCUT2D eigenvalue weighted by atomic mass is 32.1. The largest absolute Gasteiger partial charge is 0.376 e. The molecule has 0 spiro atoms. The first-order valence-corrected chi connectivity index (χ1v) is 7.37. The van der Waals surface area contributed by atoms with Gasteiger partial charge in [0.2, 0.25) is 0 Å². The van der Waals surface area contributed by atoms with E-state index < -0.39 is 0 Å². The van der Waals surface area contributed by atoms with Gasteiger partial charge in [-0.05, 0) is 13.3 Å². The van der Waals surface area contributed by atoms with E-state index in [1.807, 2.05) is 0 Å². The van der Waals surface area contributed by atoms with Crippen LogP contribution in [-0.2, 0) is 4.74 Å². The smallest absolute Gasteiger partial charge is 0.271 e. The Kier molecular flexibility index (Phi) is 3.42. The third kappa shape index (κ3) is 2.72. The van der Waals surface area contributed by atoms with Crippen LogP contribution >= 0.6 is 11.3 Å². The molecule has 0 saturated carbocycles. The maximum Gasteiger partial charge on any atom is 0.271 e. The van der Waals surface area contributed by atoms with Crippen molar-refractivity contribution >= 4 is 22.4 Å². The summed E-state index contributed by atoms with van der Waals surface area (Å²) in [5.41, 5.74) is 5.95. The first-order chi connectivity index (χ1) is 9.11. The second-order valence-electron chi connectivity index (χ2n) is 5.23. The van der Waals surface area contributed by atoms with Gasteiger partial charge in [0.15, 0.2) is 5.13 Å². The molecule has 2 fully saturated rings. The fourth-order valence-electron chi connectivity index (χ4n) is 2.80. The van der Waals surface area contributed by atoms with E-state index in [-0.39, 0.29) is 18.1 Å². The second kappa shape index (κ2) is 5.07. The third-order valence-corrected chi connectivity index (χ3v) is 4.36. The lowest BCUT2D eigenvalue weighted by Crippen LogP contribution is -2.45. The molecule has 1 aromatic heterocycles. The van der Waals surface area contributed by atoms with E-state index in [4.69, 9.17) is 10.5 Å². The number of nitrogens with two attached hydrogens (primary N) is 1. The Balaban J connectivity index is 1.58. The van der Waals surface area contributed by atoms with Crippen LogP contribution in [-0.4, -0.2) is 53.7 Å². The Morgan fingerprint density at radius 3 is 3.21 bits per heavy atom. The molecular weight excluding hydrogens is 264 g/mol. The van der Waals surface area contributed by atoms with Gasteiger partial charge in [-0.2, -0.15) is 0 Å². The number of hydrogen-bond donors (Lipinski definition) is 2. The molecule has 3 rings (SSSR count). The van der Waals surface area contributed by atoms with Gasteiger partial charge in [0.05, 0.1) is 12.7 Å². The van der Waals surface area contributed by atoms with Crippen LogP contribution in [0.3, 0.4) is 0 Å². The van der Waals surface area contributed by atoms with E-state index >= 15 is 0 Å². The van der Waals surface area contributed by atoms with E-state index in [0.717, 1.165) is 26.1 Å². The fourth-order valence-corrected chi connectivity index (χ4v) is 3.34. The standard InChI is InChI=1S/C12H18N4O2S/c1-7-3-16-4-8(2-9(16)5-18-7)14-11(17)10-6-19-12(13)15-10/h6-9H,2-5H2,1H3,(H2,13,15)(H,14,17)/t7-,8+,9+/m1/s1. The summed E-state index contributed by atoms with van der Waals surface area (Å²) in [6, 6.07) is 0.608. The number of amides is 1. The van der Waals surface area contributed by atoms with E-state index in [9.17, 15) is 4.79 Å². The van der Waals surface area contributed by atoms with Gasteiger partial charge in [-0.25, -0.2) is 4.98 Å². The number of thiazole rings is 1. The Hall–Kier alpha value is -1.18. The Morgan fingerprint density at radius 2 is 2.47 bits per heavy atom. The van der Waals surface area contributed by atoms with Crippen molar-refractivity contribution in [3.05, 3.63) is 11.1 Å². The topological polar surface area (TPSA) is 80.5 Å². The third-order valence-electron chi connectivity index (χ3n) is 3.68. The van der Waals surface area contributed by atoms with Crippen molar-refractivity contribution in [1.82, 2.24) is 15.2 Å². The van der Waals surface area contributed by atoms with Crippen LogP contribution in [0.4, 0.5) is 5.13 Å². The number of rotatable bonds is 2. The van der Waals surface area contributed by atoms with E-state index in [1.54, 1.807) is 5.38 Å². The molecule has 0 aromatic carbocycles. The van der Waals surface area contributed by atoms with Crippen molar-refractivity contribution in [3.8, 4) is 0 Å². The highest BCUT2D eigenvalue weighted by molar-refractivity contribution is 7.13. The molecule has 1 amide bonds. The lowest BCUT2D eigenvalue weighted by Gasteiger charge is -2.33. The van der Waals surface area contributed by atoms with Gasteiger partial charge in [0, 0.05) is 30.6 Å². The van der Waals surface area contributed by atoms with Crippen molar-refractivity contribution in [2.75, 3.05) is 25.4 Å². The monoisotopic (exact) mass is 282 g/mol. The summed E-state index contributed by atoms with van der Waals surface area (Å²) < 4.78 is 5.65. The first kappa shape index (κ1) is 12.8. The van der Waals surface area contributed by atoms with Crippen molar-refractivity contribution in [1.29, 1.82) is 0 Å². The summed E-state index contributed by atoms with van der Waals surface area (Å²) in [6.07, 6.45) is 1.22. The van der Waals surface area contributed by atoms with Gasteiger partial charge in [0.1, 0.15) is 5.69 Å². The minimum absolute atomic E-state index is 0.133. The maximum atomic E-state index is 12.0. The molecule has 6 nitrogen and oxygen atoms in total. The van der Waals surface area contributed by atoms with Crippen LogP contribution in [0, 0.1) is 0 Å². The van der Waals surface area contributed by atoms with Crippen molar-refractivity contribution < 1.29 is 9.53 Å². The molecular formula is C12H18N4O2S. The number of fused-ring (bicyclic) bond motifs is 1. The van der Waals surface area contributed by atoms with Crippen LogP contribution in [0.25, 0.3) is 0 Å². The molecule has 7 heteroatoms. The lowest BCUT2D eigenvalue weighted by molar-refractivity contribution is -0.0390. The molecule has 19 heavy (non-hydrogen) atoms. The summed E-state index contributed by atoms with van der Waals surface area (Å²) in [4.78, 5) is 18.4. The van der Waals surface area contributed by atoms with Crippen molar-refractivity contribution in [3.63, 3.8) is 0 Å². The number of aromatic nitrogens is 1. The number of nitrogen functional groups attached to an aromatic ring is 1. The number of carbonyl (C=O) groups excluding carboxylic acids is 1. The highest BCUT2D eigenvalue weighted by Gasteiger charge is 2.36. The van der Waals surface area contributed by atoms with Crippen molar-refractivity contribution in [2.24, 2.45) is 0 Å². The molecule has 0 aliphatic carbocycles. The fraction of sp³-hybridized carbons (Fsp3) is 0.667. The average molecular weight is 282 g/mol. The molecule has 104 valence electrons. The van der Waals surface area contributed by atoms with Gasteiger partial charge in [0.25, 0.3) is 5.91 Å². The second-order valence-corrected chi connectivity index (χ2v) is 6.12. The summed E-state index contributed by atoms with van der Waals surface area (Å²) >= 11 is 1.29. The first-order valence-electron chi connectivity index (χ1n) is 6.49.